The summed E-state index contributed by atoms with van der Waals surface area (Å²) in [6, 6.07) is 8.24. The molecule has 6 nitrogen and oxygen atoms in total. The number of pyridine rings is 1. The predicted molar refractivity (Wildman–Crippen MR) is 100 cm³/mol. The van der Waals surface area contributed by atoms with Gasteiger partial charge in [-0.3, -0.25) is 9.78 Å². The van der Waals surface area contributed by atoms with Gasteiger partial charge in [0.2, 0.25) is 0 Å². The number of piperidine rings is 1. The molecule has 2 aromatic rings. The predicted octanol–water partition coefficient (Wildman–Crippen LogP) is 2.41. The molecule has 8 heteroatoms. The first-order valence-electron chi connectivity index (χ1n) is 8.20. The summed E-state index contributed by atoms with van der Waals surface area (Å²) in [6.45, 7) is 1.10. The van der Waals surface area contributed by atoms with E-state index in [1.807, 2.05) is 0 Å². The van der Waals surface area contributed by atoms with Crippen LogP contribution in [0, 0.1) is 5.82 Å². The maximum Gasteiger partial charge on any atom is 0.253 e. The van der Waals surface area contributed by atoms with Crippen molar-refractivity contribution in [3.05, 3.63) is 59.7 Å². The fraction of sp³-hybridized carbons (Fsp3) is 0.278. The van der Waals surface area contributed by atoms with Crippen LogP contribution in [0.2, 0.25) is 0 Å². The summed E-state index contributed by atoms with van der Waals surface area (Å²) >= 11 is 0. The largest absolute Gasteiger partial charge is 0.383 e. The minimum atomic E-state index is -0.583. The molecule has 2 aliphatic heterocycles. The number of aliphatic imine (C=N–C) groups is 1. The fourth-order valence-corrected chi connectivity index (χ4v) is 3.45. The van der Waals surface area contributed by atoms with Gasteiger partial charge in [0.25, 0.3) is 5.91 Å². The van der Waals surface area contributed by atoms with Crippen LogP contribution in [0.4, 0.5) is 10.1 Å². The molecule has 1 aromatic carbocycles. The molecule has 0 aliphatic carbocycles. The summed E-state index contributed by atoms with van der Waals surface area (Å²) in [5.74, 6) is -0.191. The number of amides is 1. The minimum Gasteiger partial charge on any atom is -0.383 e. The van der Waals surface area contributed by atoms with Crippen LogP contribution in [-0.4, -0.2) is 40.4 Å². The van der Waals surface area contributed by atoms with E-state index >= 15 is 0 Å². The van der Waals surface area contributed by atoms with Crippen molar-refractivity contribution < 1.29 is 9.18 Å². The maximum absolute atomic E-state index is 14.0. The highest BCUT2D eigenvalue weighted by atomic mass is 35.5. The van der Waals surface area contributed by atoms with E-state index < -0.39 is 5.66 Å². The molecular formula is C18H19ClFN5O. The number of fused-ring (bicyclic) bond motifs is 1. The lowest BCUT2D eigenvalue weighted by molar-refractivity contribution is 0.0685. The Morgan fingerprint density at radius 1 is 1.19 bits per heavy atom. The minimum absolute atomic E-state index is 0. The number of hydrogen-bond acceptors (Lipinski definition) is 5. The van der Waals surface area contributed by atoms with Gasteiger partial charge < -0.3 is 16.0 Å². The highest BCUT2D eigenvalue weighted by molar-refractivity contribution is 6.04. The van der Waals surface area contributed by atoms with E-state index in [9.17, 15) is 9.18 Å². The van der Waals surface area contributed by atoms with Crippen molar-refractivity contribution >= 4 is 29.8 Å². The van der Waals surface area contributed by atoms with Gasteiger partial charge in [-0.15, -0.1) is 12.4 Å². The van der Waals surface area contributed by atoms with Gasteiger partial charge in [-0.05, 0) is 24.3 Å². The van der Waals surface area contributed by atoms with Crippen LogP contribution in [0.25, 0.3) is 0 Å². The molecule has 26 heavy (non-hydrogen) atoms. The van der Waals surface area contributed by atoms with E-state index in [-0.39, 0.29) is 30.0 Å². The van der Waals surface area contributed by atoms with Crippen LogP contribution in [-0.2, 0) is 0 Å². The van der Waals surface area contributed by atoms with Gasteiger partial charge in [0.15, 0.2) is 0 Å². The van der Waals surface area contributed by atoms with E-state index in [1.165, 1.54) is 6.07 Å². The zero-order valence-corrected chi connectivity index (χ0v) is 14.8. The van der Waals surface area contributed by atoms with Crippen LogP contribution >= 0.6 is 12.4 Å². The third-order valence-electron chi connectivity index (χ3n) is 4.78. The summed E-state index contributed by atoms with van der Waals surface area (Å²) < 4.78 is 14.0. The Balaban J connectivity index is 0.00000196. The zero-order valence-electron chi connectivity index (χ0n) is 14.0. The van der Waals surface area contributed by atoms with Gasteiger partial charge in [-0.1, -0.05) is 6.07 Å². The summed E-state index contributed by atoms with van der Waals surface area (Å²) in [6.07, 6.45) is 4.44. The number of nitrogens with one attached hydrogen (secondary N) is 1. The molecular weight excluding hydrogens is 357 g/mol. The van der Waals surface area contributed by atoms with Crippen molar-refractivity contribution in [2.75, 3.05) is 18.4 Å². The molecule has 0 atom stereocenters. The van der Waals surface area contributed by atoms with Gasteiger partial charge in [-0.25, -0.2) is 9.38 Å². The monoisotopic (exact) mass is 375 g/mol. The Morgan fingerprint density at radius 2 is 1.88 bits per heavy atom. The Morgan fingerprint density at radius 3 is 2.58 bits per heavy atom. The molecule has 2 aliphatic rings. The number of amidine groups is 1. The first kappa shape index (κ1) is 18.1. The number of aromatic nitrogens is 1. The van der Waals surface area contributed by atoms with Crippen LogP contribution in [0.3, 0.4) is 0 Å². The topological polar surface area (TPSA) is 83.6 Å². The number of likely N-dealkylation sites (tertiary alicyclic amines) is 1. The Labute approximate surface area is 156 Å². The number of carbonyl (C=O) groups is 1. The van der Waals surface area contributed by atoms with Gasteiger partial charge in [0.1, 0.15) is 17.3 Å². The lowest BCUT2D eigenvalue weighted by Gasteiger charge is -2.42. The molecule has 3 N–H and O–H groups in total. The number of carbonyl (C=O) groups excluding carboxylic acids is 1. The molecule has 0 bridgehead atoms. The number of anilines is 1. The SMILES string of the molecule is Cl.NC1=NC2(CCN(C(=O)c3ccncc3)CC2)Nc2cccc(F)c21. The molecule has 1 saturated heterocycles. The first-order chi connectivity index (χ1) is 12.1. The molecule has 136 valence electrons. The molecule has 1 amide bonds. The van der Waals surface area contributed by atoms with E-state index in [2.05, 4.69) is 15.3 Å². The van der Waals surface area contributed by atoms with Gasteiger partial charge in [0, 0.05) is 49.6 Å². The van der Waals surface area contributed by atoms with Crippen molar-refractivity contribution in [1.29, 1.82) is 0 Å². The Bertz CT molecular complexity index is 850. The second-order valence-corrected chi connectivity index (χ2v) is 6.34. The summed E-state index contributed by atoms with van der Waals surface area (Å²) in [4.78, 5) is 22.8. The molecule has 3 heterocycles. The van der Waals surface area contributed by atoms with Crippen LogP contribution in [0.15, 0.2) is 47.7 Å². The van der Waals surface area contributed by atoms with Gasteiger partial charge >= 0.3 is 0 Å². The van der Waals surface area contributed by atoms with Crippen LogP contribution < -0.4 is 11.1 Å². The summed E-state index contributed by atoms with van der Waals surface area (Å²) in [7, 11) is 0. The second-order valence-electron chi connectivity index (χ2n) is 6.34. The molecule has 0 unspecified atom stereocenters. The highest BCUT2D eigenvalue weighted by Gasteiger charge is 2.39. The molecule has 1 spiro atoms. The van der Waals surface area contributed by atoms with Crippen molar-refractivity contribution in [3.63, 3.8) is 0 Å². The highest BCUT2D eigenvalue weighted by Crippen LogP contribution is 2.35. The van der Waals surface area contributed by atoms with Crippen LogP contribution in [0.1, 0.15) is 28.8 Å². The number of rotatable bonds is 1. The van der Waals surface area contributed by atoms with E-state index in [0.29, 0.717) is 42.7 Å². The van der Waals surface area contributed by atoms with E-state index in [1.54, 1.807) is 41.6 Å². The first-order valence-corrected chi connectivity index (χ1v) is 8.20. The van der Waals surface area contributed by atoms with Crippen LogP contribution in [0.5, 0.6) is 0 Å². The lowest BCUT2D eigenvalue weighted by atomic mass is 9.93. The number of hydrogen-bond donors (Lipinski definition) is 2. The number of halogens is 2. The lowest BCUT2D eigenvalue weighted by Crippen LogP contribution is -2.52. The summed E-state index contributed by atoms with van der Waals surface area (Å²) in [5, 5.41) is 3.33. The standard InChI is InChI=1S/C18H18FN5O.ClH/c19-13-2-1-3-14-15(13)16(20)23-18(22-14)6-10-24(11-7-18)17(25)12-4-8-21-9-5-12;/h1-5,8-9,22H,6-7,10-11H2,(H2,20,23);1H. The average Bonchev–Trinajstić information content (AvgIpc) is 2.62. The van der Waals surface area contributed by atoms with E-state index in [4.69, 9.17) is 5.73 Å². The number of benzene rings is 1. The smallest absolute Gasteiger partial charge is 0.253 e. The third-order valence-corrected chi connectivity index (χ3v) is 4.78. The van der Waals surface area contributed by atoms with Crippen molar-refractivity contribution in [1.82, 2.24) is 9.88 Å². The fourth-order valence-electron chi connectivity index (χ4n) is 3.45. The van der Waals surface area contributed by atoms with E-state index in [0.717, 1.165) is 0 Å². The molecule has 1 aromatic heterocycles. The van der Waals surface area contributed by atoms with Crippen molar-refractivity contribution in [2.45, 2.75) is 18.5 Å². The zero-order chi connectivity index (χ0) is 17.4. The molecule has 1 fully saturated rings. The Kier molecular flexibility index (Phi) is 4.82. The number of nitrogens with two attached hydrogens (primary N) is 1. The van der Waals surface area contributed by atoms with Crippen molar-refractivity contribution in [3.8, 4) is 0 Å². The summed E-state index contributed by atoms with van der Waals surface area (Å²) in [5.41, 5.74) is 7.04. The van der Waals surface area contributed by atoms with Crippen molar-refractivity contribution in [2.24, 2.45) is 10.7 Å². The number of nitrogens with zero attached hydrogens (tertiary/aromatic N) is 3. The second kappa shape index (κ2) is 6.92. The van der Waals surface area contributed by atoms with Gasteiger partial charge in [0.05, 0.1) is 5.56 Å². The van der Waals surface area contributed by atoms with Gasteiger partial charge in [-0.2, -0.15) is 0 Å². The molecule has 0 radical (unpaired) electrons. The quantitative estimate of drug-likeness (QED) is 0.801. The molecule has 4 rings (SSSR count). The third kappa shape index (κ3) is 3.10. The Hall–Kier alpha value is -2.67. The normalized spacial score (nSPS) is 17.6. The average molecular weight is 376 g/mol. The maximum atomic E-state index is 14.0. The molecule has 0 saturated carbocycles.